The summed E-state index contributed by atoms with van der Waals surface area (Å²) in [4.78, 5) is 4.44. The number of benzene rings is 1. The van der Waals surface area contributed by atoms with Crippen molar-refractivity contribution >= 4 is 6.21 Å². The van der Waals surface area contributed by atoms with Gasteiger partial charge in [0.2, 0.25) is 0 Å². The Morgan fingerprint density at radius 2 is 2.38 bits per heavy atom. The van der Waals surface area contributed by atoms with Gasteiger partial charge < -0.3 is 4.84 Å². The monoisotopic (exact) mass is 178 g/mol. The number of rotatable bonds is 2. The first-order valence-electron chi connectivity index (χ1n) is 3.54. The molecule has 0 N–H and O–H groups in total. The zero-order valence-electron chi connectivity index (χ0n) is 6.99. The topological polar surface area (TPSA) is 45.4 Å². The Balaban J connectivity index is 3.01. The fourth-order valence-corrected chi connectivity index (χ4v) is 0.822. The molecule has 0 aliphatic rings. The molecule has 13 heavy (non-hydrogen) atoms. The summed E-state index contributed by atoms with van der Waals surface area (Å²) in [5.41, 5.74) is 0.625. The van der Waals surface area contributed by atoms with E-state index >= 15 is 0 Å². The molecule has 0 radical (unpaired) electrons. The largest absolute Gasteiger partial charge is 0.399 e. The Morgan fingerprint density at radius 3 is 3.00 bits per heavy atom. The molecule has 0 amide bonds. The van der Waals surface area contributed by atoms with Gasteiger partial charge in [-0.2, -0.15) is 5.26 Å². The Bertz CT molecular complexity index is 368. The normalized spacial score (nSPS) is 9.92. The minimum Gasteiger partial charge on any atom is -0.399 e. The van der Waals surface area contributed by atoms with Crippen LogP contribution in [0.5, 0.6) is 0 Å². The summed E-state index contributed by atoms with van der Waals surface area (Å²) in [6.07, 6.45) is 1.40. The Morgan fingerprint density at radius 1 is 1.62 bits per heavy atom. The van der Waals surface area contributed by atoms with Crippen molar-refractivity contribution in [3.05, 3.63) is 35.1 Å². The molecule has 4 heteroatoms. The van der Waals surface area contributed by atoms with Gasteiger partial charge in [-0.3, -0.25) is 0 Å². The molecule has 0 atom stereocenters. The molecule has 0 saturated carbocycles. The van der Waals surface area contributed by atoms with Crippen molar-refractivity contribution in [3.8, 4) is 6.07 Å². The van der Waals surface area contributed by atoms with E-state index in [1.54, 1.807) is 6.07 Å². The van der Waals surface area contributed by atoms with Crippen LogP contribution in [0.3, 0.4) is 0 Å². The molecule has 0 spiro atoms. The van der Waals surface area contributed by atoms with Crippen molar-refractivity contribution in [1.29, 1.82) is 5.26 Å². The van der Waals surface area contributed by atoms with E-state index in [-0.39, 0.29) is 5.56 Å². The van der Waals surface area contributed by atoms with Crippen molar-refractivity contribution in [2.45, 2.75) is 0 Å². The molecule has 0 fully saturated rings. The summed E-state index contributed by atoms with van der Waals surface area (Å²) < 4.78 is 12.8. The highest BCUT2D eigenvalue weighted by atomic mass is 19.1. The fourth-order valence-electron chi connectivity index (χ4n) is 0.822. The van der Waals surface area contributed by atoms with Crippen molar-refractivity contribution in [2.75, 3.05) is 7.11 Å². The average Bonchev–Trinajstić information content (AvgIpc) is 2.16. The van der Waals surface area contributed by atoms with Crippen LogP contribution in [0.2, 0.25) is 0 Å². The van der Waals surface area contributed by atoms with E-state index in [4.69, 9.17) is 5.26 Å². The van der Waals surface area contributed by atoms with Crippen LogP contribution < -0.4 is 0 Å². The standard InChI is InChI=1S/C9H7FN2O/c1-13-12-6-7-2-3-9(10)8(4-7)5-11/h2-4,6H,1H3/b12-6+. The van der Waals surface area contributed by atoms with Gasteiger partial charge in [-0.25, -0.2) is 4.39 Å². The molecule has 3 nitrogen and oxygen atoms in total. The maximum absolute atomic E-state index is 12.8. The van der Waals surface area contributed by atoms with E-state index in [2.05, 4.69) is 9.99 Å². The van der Waals surface area contributed by atoms with Crippen LogP contribution >= 0.6 is 0 Å². The van der Waals surface area contributed by atoms with Gasteiger partial charge in [0, 0.05) is 0 Å². The average molecular weight is 178 g/mol. The number of oxime groups is 1. The van der Waals surface area contributed by atoms with Gasteiger partial charge in [-0.15, -0.1) is 0 Å². The molecule has 1 aromatic rings. The first kappa shape index (κ1) is 9.20. The lowest BCUT2D eigenvalue weighted by molar-refractivity contribution is 0.215. The van der Waals surface area contributed by atoms with E-state index in [1.165, 1.54) is 31.5 Å². The van der Waals surface area contributed by atoms with Crippen LogP contribution in [-0.4, -0.2) is 13.3 Å². The van der Waals surface area contributed by atoms with Crippen LogP contribution in [0.15, 0.2) is 23.4 Å². The lowest BCUT2D eigenvalue weighted by Crippen LogP contribution is -1.88. The third kappa shape index (κ3) is 2.27. The first-order chi connectivity index (χ1) is 6.27. The van der Waals surface area contributed by atoms with Crippen molar-refractivity contribution < 1.29 is 9.23 Å². The summed E-state index contributed by atoms with van der Waals surface area (Å²) in [5.74, 6) is -0.530. The molecule has 1 rings (SSSR count). The van der Waals surface area contributed by atoms with Crippen LogP contribution in [0.1, 0.15) is 11.1 Å². The van der Waals surface area contributed by atoms with Crippen LogP contribution in [0.25, 0.3) is 0 Å². The lowest BCUT2D eigenvalue weighted by Gasteiger charge is -1.94. The van der Waals surface area contributed by atoms with Crippen molar-refractivity contribution in [2.24, 2.45) is 5.16 Å². The molecule has 66 valence electrons. The van der Waals surface area contributed by atoms with Gasteiger partial charge in [0.25, 0.3) is 0 Å². The number of halogens is 1. The maximum Gasteiger partial charge on any atom is 0.140 e. The minimum atomic E-state index is -0.530. The molecule has 0 aromatic heterocycles. The predicted octanol–water partition coefficient (Wildman–Crippen LogP) is 1.68. The minimum absolute atomic E-state index is 0.0000491. The van der Waals surface area contributed by atoms with E-state index in [9.17, 15) is 4.39 Å². The first-order valence-corrected chi connectivity index (χ1v) is 3.54. The molecule has 0 bridgehead atoms. The van der Waals surface area contributed by atoms with Gasteiger partial charge in [0.05, 0.1) is 11.8 Å². The molecule has 0 unspecified atom stereocenters. The van der Waals surface area contributed by atoms with Crippen LogP contribution in [0.4, 0.5) is 4.39 Å². The molecule has 0 aliphatic carbocycles. The molecule has 1 aromatic carbocycles. The summed E-state index contributed by atoms with van der Waals surface area (Å²) in [6.45, 7) is 0. The lowest BCUT2D eigenvalue weighted by atomic mass is 10.1. The molecule has 0 heterocycles. The van der Waals surface area contributed by atoms with Crippen molar-refractivity contribution in [1.82, 2.24) is 0 Å². The summed E-state index contributed by atoms with van der Waals surface area (Å²) in [6, 6.07) is 5.87. The number of hydrogen-bond donors (Lipinski definition) is 0. The Labute approximate surface area is 75.0 Å². The summed E-state index contributed by atoms with van der Waals surface area (Å²) in [7, 11) is 1.41. The molecule has 0 saturated heterocycles. The highest BCUT2D eigenvalue weighted by Gasteiger charge is 2.00. The van der Waals surface area contributed by atoms with Gasteiger partial charge in [0.1, 0.15) is 19.0 Å². The van der Waals surface area contributed by atoms with Gasteiger partial charge in [-0.1, -0.05) is 11.2 Å². The summed E-state index contributed by atoms with van der Waals surface area (Å²) >= 11 is 0. The number of nitrogens with zero attached hydrogens (tertiary/aromatic N) is 2. The third-order valence-electron chi connectivity index (χ3n) is 1.42. The Kier molecular flexibility index (Phi) is 2.98. The van der Waals surface area contributed by atoms with Gasteiger partial charge in [0.15, 0.2) is 0 Å². The molecular formula is C9H7FN2O. The van der Waals surface area contributed by atoms with Crippen LogP contribution in [0, 0.1) is 17.1 Å². The molecular weight excluding hydrogens is 171 g/mol. The highest BCUT2D eigenvalue weighted by Crippen LogP contribution is 2.07. The van der Waals surface area contributed by atoms with E-state index < -0.39 is 5.82 Å². The second kappa shape index (κ2) is 4.21. The maximum atomic E-state index is 12.8. The Hall–Kier alpha value is -1.89. The summed E-state index contributed by atoms with van der Waals surface area (Å²) in [5, 5.41) is 12.0. The second-order valence-corrected chi connectivity index (χ2v) is 2.27. The smallest absolute Gasteiger partial charge is 0.140 e. The fraction of sp³-hybridized carbons (Fsp3) is 0.111. The van der Waals surface area contributed by atoms with Gasteiger partial charge >= 0.3 is 0 Å². The zero-order valence-corrected chi connectivity index (χ0v) is 6.99. The number of hydrogen-bond acceptors (Lipinski definition) is 3. The number of nitriles is 1. The van der Waals surface area contributed by atoms with Crippen LogP contribution in [-0.2, 0) is 4.84 Å². The SMILES string of the molecule is CO/N=C/c1ccc(F)c(C#N)c1. The van der Waals surface area contributed by atoms with E-state index in [1.807, 2.05) is 0 Å². The van der Waals surface area contributed by atoms with E-state index in [0.29, 0.717) is 5.56 Å². The third-order valence-corrected chi connectivity index (χ3v) is 1.42. The zero-order chi connectivity index (χ0) is 9.68. The highest BCUT2D eigenvalue weighted by molar-refractivity contribution is 5.79. The quantitative estimate of drug-likeness (QED) is 0.510. The van der Waals surface area contributed by atoms with E-state index in [0.717, 1.165) is 0 Å². The second-order valence-electron chi connectivity index (χ2n) is 2.27. The van der Waals surface area contributed by atoms with Crippen molar-refractivity contribution in [3.63, 3.8) is 0 Å². The van der Waals surface area contributed by atoms with Gasteiger partial charge in [-0.05, 0) is 17.7 Å². The molecule has 0 aliphatic heterocycles. The predicted molar refractivity (Wildman–Crippen MR) is 45.7 cm³/mol.